The first-order valence-corrected chi connectivity index (χ1v) is 42.8. The highest BCUT2D eigenvalue weighted by molar-refractivity contribution is 5.94. The number of benzene rings is 8. The zero-order chi connectivity index (χ0) is 83.7. The molecule has 122 heavy (non-hydrogen) atoms. The summed E-state index contributed by atoms with van der Waals surface area (Å²) in [6, 6.07) is 72.0. The molecule has 0 radical (unpaired) electrons. The fourth-order valence-corrected chi connectivity index (χ4v) is 18.2. The van der Waals surface area contributed by atoms with Gasteiger partial charge in [0.15, 0.2) is 0 Å². The van der Waals surface area contributed by atoms with Crippen LogP contribution in [0.1, 0.15) is 112 Å². The average Bonchev–Trinajstić information content (AvgIpc) is 1.64. The second-order valence-electron chi connectivity index (χ2n) is 33.5. The van der Waals surface area contributed by atoms with Crippen LogP contribution in [0.4, 0.5) is 8.78 Å². The SMILES string of the molecule is CN1CCc2c(c3cc(F)ccc3n2/C=C/c2ccc(F)cc2)C1.Cc1ccc2c(c1)c1c(n2/C=C/c2ccccc2)CCN(C)C1.Cc1ccc2c(c1)c1c(n2/C=C/c2ccncc2)CCN(C)C1.Cc1ccc2c(c1)c1c(n2/C=C\c2cccnc2)CCN(C)C1.Cc1ccc2c(c1)c1c(n2/C=C\c2cccnc2)CCN(Cc2ccccc2)C1. The van der Waals surface area contributed by atoms with E-state index in [0.717, 1.165) is 132 Å². The molecule has 21 rings (SSSR count). The zero-order valence-electron chi connectivity index (χ0n) is 71.3. The highest BCUT2D eigenvalue weighted by Crippen LogP contribution is 2.38. The molecule has 0 amide bonds. The highest BCUT2D eigenvalue weighted by Gasteiger charge is 2.28. The number of fused-ring (bicyclic) bond motifs is 15. The van der Waals surface area contributed by atoms with Gasteiger partial charge in [0.1, 0.15) is 11.6 Å². The molecular formula is C107H107F2N13. The van der Waals surface area contributed by atoms with E-state index in [2.05, 4.69) is 313 Å². The normalized spacial score (nSPS) is 15.2. The van der Waals surface area contributed by atoms with Crippen molar-refractivity contribution in [3.05, 3.63) is 373 Å². The molecule has 0 unspecified atom stereocenters. The van der Waals surface area contributed by atoms with Crippen molar-refractivity contribution < 1.29 is 8.78 Å². The Morgan fingerprint density at radius 1 is 0.287 bits per heavy atom. The van der Waals surface area contributed by atoms with E-state index in [-0.39, 0.29) is 11.6 Å². The lowest BCUT2D eigenvalue weighted by atomic mass is 10.0. The van der Waals surface area contributed by atoms with Crippen molar-refractivity contribution >= 4 is 116 Å². The van der Waals surface area contributed by atoms with Crippen molar-refractivity contribution in [2.75, 3.05) is 60.9 Å². The second-order valence-corrected chi connectivity index (χ2v) is 33.5. The van der Waals surface area contributed by atoms with E-state index in [1.165, 1.54) is 157 Å². The third-order valence-corrected chi connectivity index (χ3v) is 24.4. The van der Waals surface area contributed by atoms with Crippen LogP contribution < -0.4 is 0 Å². The molecule has 8 aromatic heterocycles. The predicted molar refractivity (Wildman–Crippen MR) is 505 cm³/mol. The highest BCUT2D eigenvalue weighted by atomic mass is 19.1. The van der Waals surface area contributed by atoms with E-state index in [9.17, 15) is 8.78 Å². The molecule has 0 atom stereocenters. The molecule has 0 aliphatic carbocycles. The predicted octanol–water partition coefficient (Wildman–Crippen LogP) is 22.6. The Morgan fingerprint density at radius 3 is 0.975 bits per heavy atom. The minimum atomic E-state index is -0.241. The first kappa shape index (κ1) is 81.6. The van der Waals surface area contributed by atoms with Crippen LogP contribution >= 0.6 is 0 Å². The molecule has 0 spiro atoms. The summed E-state index contributed by atoms with van der Waals surface area (Å²) in [6.07, 6.45) is 37.9. The van der Waals surface area contributed by atoms with E-state index in [1.54, 1.807) is 18.2 Å². The van der Waals surface area contributed by atoms with Gasteiger partial charge >= 0.3 is 0 Å². The molecule has 0 N–H and O–H groups in total. The van der Waals surface area contributed by atoms with Crippen LogP contribution in [0.15, 0.2) is 250 Å². The molecule has 614 valence electrons. The van der Waals surface area contributed by atoms with Gasteiger partial charge in [-0.1, -0.05) is 131 Å². The molecule has 13 heterocycles. The lowest BCUT2D eigenvalue weighted by molar-refractivity contribution is 0.245. The lowest BCUT2D eigenvalue weighted by Gasteiger charge is -2.28. The molecule has 0 fully saturated rings. The third-order valence-electron chi connectivity index (χ3n) is 24.4. The van der Waals surface area contributed by atoms with E-state index >= 15 is 0 Å². The Bertz CT molecular complexity index is 6190. The molecule has 15 heteroatoms. The minimum absolute atomic E-state index is 0.210. The Morgan fingerprint density at radius 2 is 0.598 bits per heavy atom. The number of halogens is 2. The van der Waals surface area contributed by atoms with Crippen LogP contribution in [0.5, 0.6) is 0 Å². The van der Waals surface area contributed by atoms with E-state index < -0.39 is 0 Å². The van der Waals surface area contributed by atoms with Crippen molar-refractivity contribution in [3.8, 4) is 0 Å². The van der Waals surface area contributed by atoms with Crippen LogP contribution in [0.25, 0.3) is 116 Å². The van der Waals surface area contributed by atoms with Gasteiger partial charge in [0.25, 0.3) is 0 Å². The molecule has 0 saturated carbocycles. The van der Waals surface area contributed by atoms with Crippen LogP contribution in [0.3, 0.4) is 0 Å². The number of hydrogen-bond acceptors (Lipinski definition) is 8. The van der Waals surface area contributed by atoms with Gasteiger partial charge in [-0.3, -0.25) is 19.9 Å². The van der Waals surface area contributed by atoms with Crippen molar-refractivity contribution in [2.24, 2.45) is 0 Å². The van der Waals surface area contributed by atoms with Crippen molar-refractivity contribution in [2.45, 2.75) is 99.1 Å². The van der Waals surface area contributed by atoms with Crippen LogP contribution in [-0.2, 0) is 71.4 Å². The van der Waals surface area contributed by atoms with Gasteiger partial charge in [-0.05, 0) is 251 Å². The number of aryl methyl sites for hydroxylation is 4. The largest absolute Gasteiger partial charge is 0.320 e. The fourth-order valence-electron chi connectivity index (χ4n) is 18.2. The topological polar surface area (TPSA) is 79.5 Å². The second kappa shape index (κ2) is 37.1. The molecule has 8 aromatic carbocycles. The summed E-state index contributed by atoms with van der Waals surface area (Å²) in [7, 11) is 8.70. The Kier molecular flexibility index (Phi) is 24.8. The van der Waals surface area contributed by atoms with Crippen molar-refractivity contribution in [3.63, 3.8) is 0 Å². The summed E-state index contributed by atoms with van der Waals surface area (Å²) < 4.78 is 38.4. The summed E-state index contributed by atoms with van der Waals surface area (Å²) in [5, 5.41) is 6.55. The summed E-state index contributed by atoms with van der Waals surface area (Å²) in [5.74, 6) is -0.451. The van der Waals surface area contributed by atoms with Gasteiger partial charge in [-0.25, -0.2) is 8.78 Å². The van der Waals surface area contributed by atoms with Gasteiger partial charge in [0.2, 0.25) is 0 Å². The summed E-state index contributed by atoms with van der Waals surface area (Å²) in [4.78, 5) is 24.5. The molecular weight excluding hydrogens is 1510 g/mol. The number of hydrogen-bond donors (Lipinski definition) is 0. The monoisotopic (exact) mass is 1610 g/mol. The summed E-state index contributed by atoms with van der Waals surface area (Å²) in [5.41, 5.74) is 32.7. The fraction of sp³-hybridized carbons (Fsp3) is 0.224. The van der Waals surface area contributed by atoms with Gasteiger partial charge in [-0.2, -0.15) is 0 Å². The van der Waals surface area contributed by atoms with Crippen molar-refractivity contribution in [1.82, 2.24) is 62.3 Å². The first-order chi connectivity index (χ1) is 59.6. The molecule has 16 aromatic rings. The molecule has 5 aliphatic rings. The van der Waals surface area contributed by atoms with Gasteiger partial charge in [0, 0.05) is 228 Å². The molecule has 13 nitrogen and oxygen atoms in total. The maximum atomic E-state index is 13.7. The van der Waals surface area contributed by atoms with Crippen LogP contribution in [-0.4, -0.2) is 123 Å². The maximum Gasteiger partial charge on any atom is 0.123 e. The Balaban J connectivity index is 0.000000109. The Hall–Kier alpha value is -12.7. The first-order valence-electron chi connectivity index (χ1n) is 42.8. The number of rotatable bonds is 12. The number of nitrogens with zero attached hydrogens (tertiary/aromatic N) is 13. The zero-order valence-corrected chi connectivity index (χ0v) is 71.3. The average molecular weight is 1610 g/mol. The van der Waals surface area contributed by atoms with Crippen LogP contribution in [0.2, 0.25) is 0 Å². The number of likely N-dealkylation sites (N-methyl/N-ethyl adjacent to an activating group) is 4. The standard InChI is InChI=1S/C26H25N3.C21H22N2.C20H18F2N2.2C20H21N3/c1-20-9-10-25-23(16-20)24-19-28(18-22-6-3-2-4-7-22)14-12-26(24)29(25)15-11-21-8-5-13-27-17-21;1-16-8-9-20-18(14-16)19-15-22(2)12-11-21(19)23(20)13-10-17-6-4-3-5-7-17;1-23-10-9-20-18(13-23)17-12-16(22)6-7-19(17)24(20)11-8-14-2-4-15(21)5-3-14;1-15-3-4-19-17(13-15)18-14-22(2)11-8-20(18)23(19)12-7-16-5-9-21-10-6-16;1-15-5-6-19-17(12-15)18-14-22(2)10-8-20(18)23(19)11-7-16-4-3-9-21-13-16/h2-11,13,15-17H,12,14,18-19H2,1H3;3-10,13-14H,11-12,15H2,1-2H3;2-8,11-12H,9-10,13H2,1H3;3-7,9-10,12-13H,8,11,14H2,1-2H3;3-7,9,11-13H,8,10,14H2,1-2H3/b15-11-;13-10+;11-8+;12-7+;11-7-. The van der Waals surface area contributed by atoms with Gasteiger partial charge < -0.3 is 42.4 Å². The van der Waals surface area contributed by atoms with Crippen molar-refractivity contribution in [1.29, 1.82) is 0 Å². The van der Waals surface area contributed by atoms with Gasteiger partial charge in [-0.15, -0.1) is 0 Å². The quantitative estimate of drug-likeness (QED) is 0.120. The van der Waals surface area contributed by atoms with Crippen LogP contribution in [0, 0.1) is 39.3 Å². The van der Waals surface area contributed by atoms with E-state index in [4.69, 9.17) is 0 Å². The molecule has 5 aliphatic heterocycles. The summed E-state index contributed by atoms with van der Waals surface area (Å²) in [6.45, 7) is 20.0. The lowest BCUT2D eigenvalue weighted by Crippen LogP contribution is -2.30. The van der Waals surface area contributed by atoms with Gasteiger partial charge in [0.05, 0.1) is 27.6 Å². The minimum Gasteiger partial charge on any atom is -0.320 e. The number of aromatic nitrogens is 8. The summed E-state index contributed by atoms with van der Waals surface area (Å²) >= 11 is 0. The molecule has 0 saturated heterocycles. The maximum absolute atomic E-state index is 13.7. The Labute approximate surface area is 715 Å². The smallest absolute Gasteiger partial charge is 0.123 e. The third kappa shape index (κ3) is 18.4. The van der Waals surface area contributed by atoms with E-state index in [0.29, 0.717) is 0 Å². The number of pyridine rings is 3. The van der Waals surface area contributed by atoms with E-state index in [1.807, 2.05) is 79.8 Å². The molecule has 0 bridgehead atoms.